The maximum absolute atomic E-state index is 4.59. The third-order valence-corrected chi connectivity index (χ3v) is 8.25. The fourth-order valence-corrected chi connectivity index (χ4v) is 5.80. The van der Waals surface area contributed by atoms with Gasteiger partial charge in [-0.3, -0.25) is 0 Å². The van der Waals surface area contributed by atoms with Gasteiger partial charge in [-0.1, -0.05) is 66.8 Å². The van der Waals surface area contributed by atoms with Crippen molar-refractivity contribution in [2.75, 3.05) is 28.6 Å². The van der Waals surface area contributed by atoms with Crippen LogP contribution < -0.4 is 15.5 Å². The highest BCUT2D eigenvalue weighted by Crippen LogP contribution is 2.38. The number of piperidine rings is 1. The van der Waals surface area contributed by atoms with Gasteiger partial charge < -0.3 is 15.5 Å². The molecule has 0 bridgehead atoms. The molecule has 5 aromatic rings. The first-order valence-electron chi connectivity index (χ1n) is 13.8. The van der Waals surface area contributed by atoms with Crippen LogP contribution in [0.2, 0.25) is 0 Å². The molecule has 1 atom stereocenters. The fraction of sp³-hybridized carbons (Fsp3) is 0.290. The molecule has 1 saturated heterocycles. The number of nitrogens with zero attached hydrogens (tertiary/aromatic N) is 5. The normalized spacial score (nSPS) is 14.8. The van der Waals surface area contributed by atoms with E-state index >= 15 is 0 Å². The predicted molar refractivity (Wildman–Crippen MR) is 165 cm³/mol. The number of aromatic nitrogens is 2. The summed E-state index contributed by atoms with van der Waals surface area (Å²) in [6, 6.07) is 25.7. The summed E-state index contributed by atoms with van der Waals surface area (Å²) in [4.78, 5) is 2.30. The van der Waals surface area contributed by atoms with Crippen molar-refractivity contribution in [2.45, 2.75) is 45.6 Å². The molecule has 198 valence electrons. The zero-order valence-corrected chi connectivity index (χ0v) is 23.2. The fourth-order valence-electron chi connectivity index (χ4n) is 5.08. The summed E-state index contributed by atoms with van der Waals surface area (Å²) in [5.74, 6) is 0. The second-order valence-corrected chi connectivity index (χ2v) is 11.0. The van der Waals surface area contributed by atoms with E-state index in [1.54, 1.807) is 0 Å². The molecule has 1 aliphatic heterocycles. The number of rotatable bonds is 8. The molecule has 4 aromatic carbocycles. The van der Waals surface area contributed by atoms with E-state index in [1.807, 2.05) is 12.1 Å². The highest BCUT2D eigenvalue weighted by Gasteiger charge is 2.16. The highest BCUT2D eigenvalue weighted by molar-refractivity contribution is 7.18. The number of hydrogen-bond acceptors (Lipinski definition) is 8. The third-order valence-electron chi connectivity index (χ3n) is 7.38. The number of fused-ring (bicyclic) bond motifs is 2. The lowest BCUT2D eigenvalue weighted by molar-refractivity contribution is 0.575. The molecule has 0 amide bonds. The molecule has 8 heteroatoms. The van der Waals surface area contributed by atoms with E-state index in [1.165, 1.54) is 41.4 Å². The van der Waals surface area contributed by atoms with E-state index in [0.29, 0.717) is 11.2 Å². The minimum atomic E-state index is 0.411. The summed E-state index contributed by atoms with van der Waals surface area (Å²) in [5, 5.41) is 31.0. The first kappa shape index (κ1) is 25.2. The average Bonchev–Trinajstić information content (AvgIpc) is 3.47. The quantitative estimate of drug-likeness (QED) is 0.194. The van der Waals surface area contributed by atoms with Crippen LogP contribution in [0.25, 0.3) is 21.5 Å². The van der Waals surface area contributed by atoms with Crippen LogP contribution >= 0.6 is 11.3 Å². The molecular weight excluding hydrogens is 502 g/mol. The van der Waals surface area contributed by atoms with E-state index in [4.69, 9.17) is 0 Å². The zero-order chi connectivity index (χ0) is 26.6. The molecule has 0 aliphatic carbocycles. The zero-order valence-electron chi connectivity index (χ0n) is 22.4. The summed E-state index contributed by atoms with van der Waals surface area (Å²) < 4.78 is 0. The Labute approximate surface area is 233 Å². The summed E-state index contributed by atoms with van der Waals surface area (Å²) in [6.07, 6.45) is 4.77. The van der Waals surface area contributed by atoms with Gasteiger partial charge in [-0.2, -0.15) is 0 Å². The minimum absolute atomic E-state index is 0.411. The molecule has 0 radical (unpaired) electrons. The summed E-state index contributed by atoms with van der Waals surface area (Å²) in [6.45, 7) is 6.49. The molecule has 7 nitrogen and oxygen atoms in total. The predicted octanol–water partition coefficient (Wildman–Crippen LogP) is 9.20. The summed E-state index contributed by atoms with van der Waals surface area (Å²) in [7, 11) is 0. The molecule has 6 rings (SSSR count). The number of benzene rings is 4. The maximum atomic E-state index is 4.59. The lowest BCUT2D eigenvalue weighted by Crippen LogP contribution is -2.29. The van der Waals surface area contributed by atoms with Crippen molar-refractivity contribution in [3.63, 3.8) is 0 Å². The van der Waals surface area contributed by atoms with Crippen LogP contribution in [0.1, 0.15) is 39.5 Å². The Bertz CT molecular complexity index is 1620. The number of nitrogens with one attached hydrogen (secondary N) is 2. The first-order valence-corrected chi connectivity index (χ1v) is 14.6. The monoisotopic (exact) mass is 535 g/mol. The smallest absolute Gasteiger partial charge is 0.253 e. The van der Waals surface area contributed by atoms with Crippen LogP contribution in [-0.4, -0.2) is 29.3 Å². The van der Waals surface area contributed by atoms with Gasteiger partial charge in [0.25, 0.3) is 5.13 Å². The molecule has 39 heavy (non-hydrogen) atoms. The van der Waals surface area contributed by atoms with Crippen LogP contribution in [-0.2, 0) is 0 Å². The van der Waals surface area contributed by atoms with E-state index in [-0.39, 0.29) is 0 Å². The van der Waals surface area contributed by atoms with Gasteiger partial charge in [0.15, 0.2) is 0 Å². The average molecular weight is 536 g/mol. The van der Waals surface area contributed by atoms with Crippen molar-refractivity contribution in [3.8, 4) is 0 Å². The lowest BCUT2D eigenvalue weighted by atomic mass is 10.0. The van der Waals surface area contributed by atoms with Gasteiger partial charge in [0.1, 0.15) is 0 Å². The Morgan fingerprint density at radius 3 is 2.10 bits per heavy atom. The van der Waals surface area contributed by atoms with Gasteiger partial charge in [0.2, 0.25) is 5.13 Å². The van der Waals surface area contributed by atoms with Crippen molar-refractivity contribution in [1.82, 2.24) is 10.2 Å². The van der Waals surface area contributed by atoms with Crippen LogP contribution in [0.15, 0.2) is 83.0 Å². The van der Waals surface area contributed by atoms with Gasteiger partial charge in [-0.15, -0.1) is 20.4 Å². The second kappa shape index (κ2) is 11.4. The van der Waals surface area contributed by atoms with Gasteiger partial charge in [0, 0.05) is 57.7 Å². The van der Waals surface area contributed by atoms with Gasteiger partial charge >= 0.3 is 0 Å². The third kappa shape index (κ3) is 5.43. The molecule has 2 heterocycles. The lowest BCUT2D eigenvalue weighted by Gasteiger charge is -2.25. The van der Waals surface area contributed by atoms with Crippen LogP contribution in [0.3, 0.4) is 0 Å². The summed E-state index contributed by atoms with van der Waals surface area (Å²) in [5.41, 5.74) is 4.06. The standard InChI is InChI=1S/C31H33N7S/c1-3-21(2)32-26-15-16-27(23-12-6-5-11-22(23)26)33-28-17-18-29(25-14-8-7-13-24(25)28)34-35-30-36-37-31(39-30)38-19-9-4-10-20-38/h5-8,11-18,21,32-33H,3-4,9-10,19-20H2,1-2H3. The Kier molecular flexibility index (Phi) is 7.36. The first-order chi connectivity index (χ1) is 19.2. The minimum Gasteiger partial charge on any atom is -0.382 e. The van der Waals surface area contributed by atoms with Crippen molar-refractivity contribution in [2.24, 2.45) is 10.2 Å². The van der Waals surface area contributed by atoms with Gasteiger partial charge in [0.05, 0.1) is 5.69 Å². The largest absolute Gasteiger partial charge is 0.382 e. The molecule has 1 aliphatic rings. The highest BCUT2D eigenvalue weighted by atomic mass is 32.1. The Morgan fingerprint density at radius 1 is 0.769 bits per heavy atom. The van der Waals surface area contributed by atoms with Crippen LogP contribution in [0, 0.1) is 0 Å². The second-order valence-electron chi connectivity index (χ2n) is 10.1. The Hall–Kier alpha value is -4.04. The van der Waals surface area contributed by atoms with Gasteiger partial charge in [-0.25, -0.2) is 0 Å². The number of azo groups is 1. The molecule has 0 saturated carbocycles. The number of hydrogen-bond donors (Lipinski definition) is 2. The molecule has 2 N–H and O–H groups in total. The van der Waals surface area contributed by atoms with Crippen molar-refractivity contribution in [3.05, 3.63) is 72.8 Å². The van der Waals surface area contributed by atoms with E-state index < -0.39 is 0 Å². The van der Waals surface area contributed by atoms with Gasteiger partial charge in [-0.05, 0) is 56.9 Å². The Morgan fingerprint density at radius 2 is 1.38 bits per heavy atom. The van der Waals surface area contributed by atoms with Crippen molar-refractivity contribution >= 4 is 65.9 Å². The van der Waals surface area contributed by atoms with E-state index in [0.717, 1.165) is 58.2 Å². The molecule has 1 unspecified atom stereocenters. The number of anilines is 4. The maximum Gasteiger partial charge on any atom is 0.253 e. The molecule has 1 aromatic heterocycles. The SMILES string of the molecule is CCC(C)Nc1ccc(Nc2ccc(N=Nc3nnc(N4CCCCC4)s3)c3ccccc23)c2ccccc12. The molecular formula is C31H33N7S. The van der Waals surface area contributed by atoms with E-state index in [9.17, 15) is 0 Å². The van der Waals surface area contributed by atoms with Crippen LogP contribution in [0.5, 0.6) is 0 Å². The molecule has 0 spiro atoms. The van der Waals surface area contributed by atoms with Crippen molar-refractivity contribution < 1.29 is 0 Å². The summed E-state index contributed by atoms with van der Waals surface area (Å²) >= 11 is 1.50. The van der Waals surface area contributed by atoms with E-state index in [2.05, 4.69) is 110 Å². The van der Waals surface area contributed by atoms with Crippen molar-refractivity contribution in [1.29, 1.82) is 0 Å². The topological polar surface area (TPSA) is 77.8 Å². The molecule has 1 fully saturated rings. The Balaban J connectivity index is 1.29. The van der Waals surface area contributed by atoms with Crippen LogP contribution in [0.4, 0.5) is 33.0 Å².